The monoisotopic (exact) mass is 221 g/mol. The molecule has 0 saturated heterocycles. The Morgan fingerprint density at radius 1 is 1.47 bits per heavy atom. The average molecular weight is 221 g/mol. The molecule has 6 heteroatoms. The van der Waals surface area contributed by atoms with Crippen molar-refractivity contribution in [3.63, 3.8) is 0 Å². The summed E-state index contributed by atoms with van der Waals surface area (Å²) >= 11 is 0. The number of halogens is 1. The van der Waals surface area contributed by atoms with Crippen LogP contribution in [0.3, 0.4) is 0 Å². The van der Waals surface area contributed by atoms with Crippen molar-refractivity contribution >= 4 is 12.1 Å². The van der Waals surface area contributed by atoms with Gasteiger partial charge in [0.15, 0.2) is 0 Å². The van der Waals surface area contributed by atoms with E-state index < -0.39 is 30.2 Å². The third-order valence-electron chi connectivity index (χ3n) is 1.69. The van der Waals surface area contributed by atoms with Crippen LogP contribution in [0.15, 0.2) is 0 Å². The number of alkyl halides is 1. The molecule has 0 aliphatic carbocycles. The van der Waals surface area contributed by atoms with Gasteiger partial charge in [-0.1, -0.05) is 20.8 Å². The lowest BCUT2D eigenvalue weighted by Gasteiger charge is -2.27. The van der Waals surface area contributed by atoms with E-state index in [1.807, 2.05) is 0 Å². The number of hydrogen-bond donors (Lipinski definition) is 2. The number of alkyl carbamates (subject to hydrolysis) is 1. The topological polar surface area (TPSA) is 75.6 Å². The fraction of sp³-hybridized carbons (Fsp3) is 0.778. The van der Waals surface area contributed by atoms with Gasteiger partial charge < -0.3 is 15.2 Å². The molecule has 5 nitrogen and oxygen atoms in total. The second-order valence-electron chi connectivity index (χ2n) is 4.11. The van der Waals surface area contributed by atoms with Gasteiger partial charge in [-0.3, -0.25) is 0 Å². The lowest BCUT2D eigenvalue weighted by Crippen LogP contribution is -2.49. The van der Waals surface area contributed by atoms with Crippen LogP contribution in [-0.2, 0) is 9.53 Å². The molecule has 0 heterocycles. The van der Waals surface area contributed by atoms with E-state index in [1.165, 1.54) is 0 Å². The summed E-state index contributed by atoms with van der Waals surface area (Å²) in [5.41, 5.74) is -0.638. The molecular formula is C9H16FNO4. The highest BCUT2D eigenvalue weighted by Crippen LogP contribution is 2.19. The number of hydrogen-bond acceptors (Lipinski definition) is 3. The van der Waals surface area contributed by atoms with Crippen molar-refractivity contribution in [3.05, 3.63) is 0 Å². The van der Waals surface area contributed by atoms with Gasteiger partial charge in [-0.2, -0.15) is 0 Å². The van der Waals surface area contributed by atoms with Crippen LogP contribution in [0.1, 0.15) is 20.8 Å². The van der Waals surface area contributed by atoms with Gasteiger partial charge in [0, 0.05) is 0 Å². The predicted octanol–water partition coefficient (Wildman–Crippen LogP) is 1.18. The van der Waals surface area contributed by atoms with Gasteiger partial charge in [-0.05, 0) is 5.41 Å². The zero-order valence-electron chi connectivity index (χ0n) is 9.04. The van der Waals surface area contributed by atoms with Crippen LogP contribution in [0.25, 0.3) is 0 Å². The molecule has 0 aromatic carbocycles. The fourth-order valence-electron chi connectivity index (χ4n) is 0.939. The molecule has 1 amide bonds. The van der Waals surface area contributed by atoms with E-state index in [2.05, 4.69) is 10.1 Å². The number of carboxylic acids is 1. The van der Waals surface area contributed by atoms with E-state index in [0.29, 0.717) is 0 Å². The molecule has 0 spiro atoms. The molecule has 1 atom stereocenters. The molecule has 0 radical (unpaired) electrons. The Kier molecular flexibility index (Phi) is 5.04. The molecule has 88 valence electrons. The van der Waals surface area contributed by atoms with Gasteiger partial charge in [0.25, 0.3) is 0 Å². The second kappa shape index (κ2) is 5.53. The Morgan fingerprint density at radius 3 is 2.33 bits per heavy atom. The second-order valence-corrected chi connectivity index (χ2v) is 4.11. The molecule has 0 aliphatic heterocycles. The van der Waals surface area contributed by atoms with Crippen molar-refractivity contribution in [3.8, 4) is 0 Å². The van der Waals surface area contributed by atoms with E-state index in [9.17, 15) is 14.0 Å². The van der Waals surface area contributed by atoms with Gasteiger partial charge in [-0.15, -0.1) is 0 Å². The molecular weight excluding hydrogens is 205 g/mol. The van der Waals surface area contributed by atoms with E-state index >= 15 is 0 Å². The van der Waals surface area contributed by atoms with Crippen molar-refractivity contribution < 1.29 is 23.8 Å². The van der Waals surface area contributed by atoms with Gasteiger partial charge in [-0.25, -0.2) is 14.0 Å². The number of amides is 1. The number of carbonyl (C=O) groups excluding carboxylic acids is 1. The van der Waals surface area contributed by atoms with E-state index in [-0.39, 0.29) is 6.61 Å². The van der Waals surface area contributed by atoms with Crippen molar-refractivity contribution in [1.29, 1.82) is 0 Å². The predicted molar refractivity (Wildman–Crippen MR) is 51.3 cm³/mol. The first kappa shape index (κ1) is 13.7. The fourth-order valence-corrected chi connectivity index (χ4v) is 0.939. The Morgan fingerprint density at radius 2 is 2.00 bits per heavy atom. The first-order chi connectivity index (χ1) is 6.79. The number of aliphatic carboxylic acids is 1. The molecule has 0 saturated carbocycles. The number of nitrogens with one attached hydrogen (secondary N) is 1. The largest absolute Gasteiger partial charge is 0.480 e. The number of ether oxygens (including phenoxy) is 1. The van der Waals surface area contributed by atoms with E-state index in [1.54, 1.807) is 20.8 Å². The van der Waals surface area contributed by atoms with Crippen LogP contribution in [0.2, 0.25) is 0 Å². The number of carboxylic acid groups (broad SMARTS) is 1. The SMILES string of the molecule is CC(C)(C)[C@H](NC(=O)OCCF)C(=O)O. The van der Waals surface area contributed by atoms with E-state index in [4.69, 9.17) is 5.11 Å². The molecule has 0 unspecified atom stereocenters. The Hall–Kier alpha value is -1.33. The van der Waals surface area contributed by atoms with Crippen molar-refractivity contribution in [2.75, 3.05) is 13.3 Å². The Labute approximate surface area is 87.6 Å². The normalized spacial score (nSPS) is 13.1. The summed E-state index contributed by atoms with van der Waals surface area (Å²) in [5, 5.41) is 11.0. The quantitative estimate of drug-likeness (QED) is 0.747. The first-order valence-corrected chi connectivity index (χ1v) is 4.51. The molecule has 0 aromatic heterocycles. The summed E-state index contributed by atoms with van der Waals surface area (Å²) in [6.45, 7) is 3.84. The summed E-state index contributed by atoms with van der Waals surface area (Å²) in [6, 6.07) is -1.07. The minimum Gasteiger partial charge on any atom is -0.480 e. The number of rotatable bonds is 4. The van der Waals surface area contributed by atoms with Crippen molar-refractivity contribution in [2.45, 2.75) is 26.8 Å². The van der Waals surface area contributed by atoms with E-state index in [0.717, 1.165) is 0 Å². The third kappa shape index (κ3) is 5.19. The maximum atomic E-state index is 11.7. The first-order valence-electron chi connectivity index (χ1n) is 4.51. The summed E-state index contributed by atoms with van der Waals surface area (Å²) in [5.74, 6) is -1.15. The zero-order valence-corrected chi connectivity index (χ0v) is 9.04. The summed E-state index contributed by atoms with van der Waals surface area (Å²) in [4.78, 5) is 21.8. The highest BCUT2D eigenvalue weighted by Gasteiger charge is 2.32. The molecule has 0 rings (SSSR count). The summed E-state index contributed by atoms with van der Waals surface area (Å²) in [7, 11) is 0. The minimum atomic E-state index is -1.15. The minimum absolute atomic E-state index is 0.373. The van der Waals surface area contributed by atoms with Gasteiger partial charge in [0.2, 0.25) is 0 Å². The van der Waals surface area contributed by atoms with Crippen LogP contribution < -0.4 is 5.32 Å². The average Bonchev–Trinajstić information content (AvgIpc) is 2.08. The molecule has 0 fully saturated rings. The van der Waals surface area contributed by atoms with Gasteiger partial charge in [0.1, 0.15) is 19.3 Å². The maximum absolute atomic E-state index is 11.7. The van der Waals surface area contributed by atoms with Crippen molar-refractivity contribution in [1.82, 2.24) is 5.32 Å². The Bertz CT molecular complexity index is 237. The summed E-state index contributed by atoms with van der Waals surface area (Å²) < 4.78 is 16.0. The molecule has 2 N–H and O–H groups in total. The molecule has 15 heavy (non-hydrogen) atoms. The Balaban J connectivity index is 4.31. The number of carbonyl (C=O) groups is 2. The van der Waals surface area contributed by atoms with Crippen molar-refractivity contribution in [2.24, 2.45) is 5.41 Å². The zero-order chi connectivity index (χ0) is 12.1. The van der Waals surface area contributed by atoms with Crippen LogP contribution in [0.4, 0.5) is 9.18 Å². The van der Waals surface area contributed by atoms with Gasteiger partial charge in [0.05, 0.1) is 0 Å². The third-order valence-corrected chi connectivity index (χ3v) is 1.69. The van der Waals surface area contributed by atoms with Crippen LogP contribution >= 0.6 is 0 Å². The van der Waals surface area contributed by atoms with Crippen LogP contribution in [0.5, 0.6) is 0 Å². The van der Waals surface area contributed by atoms with Gasteiger partial charge >= 0.3 is 12.1 Å². The lowest BCUT2D eigenvalue weighted by atomic mass is 9.87. The van der Waals surface area contributed by atoms with Crippen LogP contribution in [-0.4, -0.2) is 36.5 Å². The highest BCUT2D eigenvalue weighted by atomic mass is 19.1. The smallest absolute Gasteiger partial charge is 0.407 e. The van der Waals surface area contributed by atoms with Crippen LogP contribution in [0, 0.1) is 5.41 Å². The summed E-state index contributed by atoms with van der Waals surface area (Å²) in [6.07, 6.45) is -0.921. The highest BCUT2D eigenvalue weighted by molar-refractivity contribution is 5.80. The lowest BCUT2D eigenvalue weighted by molar-refractivity contribution is -0.142. The molecule has 0 bridgehead atoms. The molecule has 0 aromatic rings. The standard InChI is InChI=1S/C9H16FNO4/c1-9(2,3)6(7(12)13)11-8(14)15-5-4-10/h6H,4-5H2,1-3H3,(H,11,14)(H,12,13)/t6-/m1/s1. The molecule has 0 aliphatic rings. The maximum Gasteiger partial charge on any atom is 0.407 e.